The minimum atomic E-state index is -1.37. The van der Waals surface area contributed by atoms with Crippen LogP contribution < -0.4 is 10.6 Å². The lowest BCUT2D eigenvalue weighted by Gasteiger charge is -2.26. The molecule has 0 bridgehead atoms. The van der Waals surface area contributed by atoms with E-state index in [0.717, 1.165) is 5.56 Å². The molecule has 0 aliphatic carbocycles. The van der Waals surface area contributed by atoms with Gasteiger partial charge in [0, 0.05) is 19.5 Å². The van der Waals surface area contributed by atoms with Crippen molar-refractivity contribution in [1.29, 1.82) is 0 Å². The van der Waals surface area contributed by atoms with Gasteiger partial charge in [0.15, 0.2) is 0 Å². The van der Waals surface area contributed by atoms with Gasteiger partial charge in [-0.2, -0.15) is 0 Å². The quantitative estimate of drug-likeness (QED) is 0.510. The van der Waals surface area contributed by atoms with Crippen molar-refractivity contribution in [3.05, 3.63) is 35.9 Å². The minimum Gasteiger partial charge on any atom is -0.480 e. The summed E-state index contributed by atoms with van der Waals surface area (Å²) in [7, 11) is 0. The molecule has 3 amide bonds. The number of carbonyl (C=O) groups excluding carboxylic acids is 3. The van der Waals surface area contributed by atoms with E-state index < -0.39 is 29.8 Å². The highest BCUT2D eigenvalue weighted by molar-refractivity contribution is 5.82. The molecule has 10 nitrogen and oxygen atoms in total. The summed E-state index contributed by atoms with van der Waals surface area (Å²) < 4.78 is 10.2. The van der Waals surface area contributed by atoms with Crippen LogP contribution in [0.1, 0.15) is 39.7 Å². The number of carbonyl (C=O) groups is 4. The second-order valence-corrected chi connectivity index (χ2v) is 7.72. The number of carboxylic acids is 1. The number of benzene rings is 1. The number of ether oxygens (including phenoxy) is 2. The van der Waals surface area contributed by atoms with E-state index in [1.165, 1.54) is 4.90 Å². The van der Waals surface area contributed by atoms with Gasteiger partial charge in [0.2, 0.25) is 5.91 Å². The highest BCUT2D eigenvalue weighted by atomic mass is 16.6. The molecule has 0 saturated carbocycles. The van der Waals surface area contributed by atoms with E-state index in [1.807, 2.05) is 6.07 Å². The molecule has 172 valence electrons. The van der Waals surface area contributed by atoms with Crippen LogP contribution in [-0.2, 0) is 25.7 Å². The van der Waals surface area contributed by atoms with Crippen molar-refractivity contribution in [3.8, 4) is 0 Å². The van der Waals surface area contributed by atoms with Gasteiger partial charge in [-0.05, 0) is 26.3 Å². The molecule has 0 fully saturated rings. The fourth-order valence-corrected chi connectivity index (χ4v) is 2.46. The third-order valence-corrected chi connectivity index (χ3v) is 3.91. The molecule has 1 aromatic rings. The lowest BCUT2D eigenvalue weighted by Crippen LogP contribution is -2.51. The van der Waals surface area contributed by atoms with Gasteiger partial charge in [-0.15, -0.1) is 0 Å². The van der Waals surface area contributed by atoms with Crippen molar-refractivity contribution in [2.24, 2.45) is 0 Å². The lowest BCUT2D eigenvalue weighted by molar-refractivity contribution is -0.141. The van der Waals surface area contributed by atoms with Crippen LogP contribution >= 0.6 is 0 Å². The maximum Gasteiger partial charge on any atom is 0.408 e. The first-order valence-electron chi connectivity index (χ1n) is 9.96. The van der Waals surface area contributed by atoms with E-state index in [1.54, 1.807) is 52.0 Å². The Kier molecular flexibility index (Phi) is 10.3. The normalized spacial score (nSPS) is 11.7. The predicted octanol–water partition coefficient (Wildman–Crippen LogP) is 2.13. The summed E-state index contributed by atoms with van der Waals surface area (Å²) in [4.78, 5) is 48.8. The van der Waals surface area contributed by atoms with Gasteiger partial charge in [-0.1, -0.05) is 37.3 Å². The van der Waals surface area contributed by atoms with E-state index in [-0.39, 0.29) is 38.6 Å². The number of alkyl carbamates (subject to hydrolysis) is 2. The summed E-state index contributed by atoms with van der Waals surface area (Å²) in [6.07, 6.45) is -1.42. The molecule has 1 rings (SSSR count). The molecule has 10 heteroatoms. The Morgan fingerprint density at radius 3 is 2.29 bits per heavy atom. The smallest absolute Gasteiger partial charge is 0.408 e. The van der Waals surface area contributed by atoms with Gasteiger partial charge in [0.25, 0.3) is 0 Å². The zero-order valence-electron chi connectivity index (χ0n) is 18.3. The van der Waals surface area contributed by atoms with Gasteiger partial charge in [0.05, 0.1) is 6.54 Å². The van der Waals surface area contributed by atoms with Crippen molar-refractivity contribution in [3.63, 3.8) is 0 Å². The molecule has 0 aliphatic heterocycles. The van der Waals surface area contributed by atoms with Gasteiger partial charge >= 0.3 is 18.2 Å². The first-order valence-corrected chi connectivity index (χ1v) is 9.96. The van der Waals surface area contributed by atoms with Crippen LogP contribution in [0.25, 0.3) is 0 Å². The van der Waals surface area contributed by atoms with E-state index in [0.29, 0.717) is 0 Å². The van der Waals surface area contributed by atoms with Crippen molar-refractivity contribution >= 4 is 24.1 Å². The van der Waals surface area contributed by atoms with Crippen LogP contribution in [0.5, 0.6) is 0 Å². The summed E-state index contributed by atoms with van der Waals surface area (Å²) >= 11 is 0. The van der Waals surface area contributed by atoms with E-state index in [9.17, 15) is 24.3 Å². The molecule has 3 N–H and O–H groups in total. The Morgan fingerprint density at radius 1 is 1.10 bits per heavy atom. The number of carboxylic acid groups (broad SMARTS) is 1. The van der Waals surface area contributed by atoms with Crippen LogP contribution in [0.15, 0.2) is 30.3 Å². The Labute approximate surface area is 181 Å². The fourth-order valence-electron chi connectivity index (χ4n) is 2.46. The maximum atomic E-state index is 12.2. The maximum absolute atomic E-state index is 12.2. The van der Waals surface area contributed by atoms with Gasteiger partial charge in [-0.25, -0.2) is 14.4 Å². The molecule has 1 aromatic carbocycles. The topological polar surface area (TPSA) is 134 Å². The summed E-state index contributed by atoms with van der Waals surface area (Å²) in [5.41, 5.74) is 0.0853. The summed E-state index contributed by atoms with van der Waals surface area (Å²) in [6.45, 7) is 6.61. The molecule has 0 heterocycles. The number of nitrogens with one attached hydrogen (secondary N) is 2. The molecular weight excluding hydrogens is 406 g/mol. The van der Waals surface area contributed by atoms with Gasteiger partial charge in [-0.3, -0.25) is 4.79 Å². The van der Waals surface area contributed by atoms with Crippen molar-refractivity contribution in [2.75, 3.05) is 19.6 Å². The third-order valence-electron chi connectivity index (χ3n) is 3.91. The van der Waals surface area contributed by atoms with Crippen molar-refractivity contribution in [2.45, 2.75) is 52.4 Å². The monoisotopic (exact) mass is 437 g/mol. The molecule has 0 radical (unpaired) electrons. The second kappa shape index (κ2) is 12.4. The number of hydrogen-bond acceptors (Lipinski definition) is 6. The van der Waals surface area contributed by atoms with Crippen molar-refractivity contribution < 1.29 is 33.8 Å². The van der Waals surface area contributed by atoms with E-state index >= 15 is 0 Å². The average Bonchev–Trinajstić information content (AvgIpc) is 2.69. The zero-order valence-corrected chi connectivity index (χ0v) is 18.3. The second-order valence-electron chi connectivity index (χ2n) is 7.72. The molecule has 0 spiro atoms. The highest BCUT2D eigenvalue weighted by Crippen LogP contribution is 2.06. The standard InChI is InChI=1S/C21H31N3O7/c1-5-17(25)24(12-11-22-19(28)31-21(2,3)4)13-16(18(26)27)23-20(29)30-14-15-9-7-6-8-10-15/h6-10,16H,5,11-14H2,1-4H3,(H,22,28)(H,23,29)(H,26,27)/t16-/m1/s1. The molecule has 0 aromatic heterocycles. The van der Waals surface area contributed by atoms with E-state index in [4.69, 9.17) is 9.47 Å². The molecular formula is C21H31N3O7. The molecule has 1 atom stereocenters. The van der Waals surface area contributed by atoms with Crippen LogP contribution in [0.3, 0.4) is 0 Å². The van der Waals surface area contributed by atoms with Crippen LogP contribution in [0.2, 0.25) is 0 Å². The van der Waals surface area contributed by atoms with E-state index in [2.05, 4.69) is 10.6 Å². The first-order chi connectivity index (χ1) is 14.5. The Morgan fingerprint density at radius 2 is 1.74 bits per heavy atom. The Bertz CT molecular complexity index is 747. The fraction of sp³-hybridized carbons (Fsp3) is 0.524. The molecule has 0 aliphatic rings. The summed E-state index contributed by atoms with van der Waals surface area (Å²) in [5, 5.41) is 14.2. The zero-order chi connectivity index (χ0) is 23.4. The summed E-state index contributed by atoms with van der Waals surface area (Å²) in [6, 6.07) is 7.55. The highest BCUT2D eigenvalue weighted by Gasteiger charge is 2.26. The third kappa shape index (κ3) is 10.9. The average molecular weight is 437 g/mol. The van der Waals surface area contributed by atoms with Gasteiger partial charge in [0.1, 0.15) is 18.2 Å². The SMILES string of the molecule is CCC(=O)N(CCNC(=O)OC(C)(C)C)C[C@@H](NC(=O)OCc1ccccc1)C(=O)O. The number of aliphatic carboxylic acids is 1. The van der Waals surface area contributed by atoms with Crippen molar-refractivity contribution in [1.82, 2.24) is 15.5 Å². The number of nitrogens with zero attached hydrogens (tertiary/aromatic N) is 1. The number of rotatable bonds is 10. The Hall–Kier alpha value is -3.30. The summed E-state index contributed by atoms with van der Waals surface area (Å²) in [5.74, 6) is -1.64. The Balaban J connectivity index is 2.62. The number of amides is 3. The molecule has 31 heavy (non-hydrogen) atoms. The largest absolute Gasteiger partial charge is 0.480 e. The number of hydrogen-bond donors (Lipinski definition) is 3. The molecule has 0 unspecified atom stereocenters. The molecule has 0 saturated heterocycles. The first kappa shape index (κ1) is 25.7. The van der Waals surface area contributed by atoms with Crippen LogP contribution in [0, 0.1) is 0 Å². The van der Waals surface area contributed by atoms with Crippen LogP contribution in [0.4, 0.5) is 9.59 Å². The van der Waals surface area contributed by atoms with Gasteiger partial charge < -0.3 is 30.1 Å². The predicted molar refractivity (Wildman–Crippen MR) is 112 cm³/mol. The van der Waals surface area contributed by atoms with Crippen LogP contribution in [-0.4, -0.2) is 65.3 Å². The lowest BCUT2D eigenvalue weighted by atomic mass is 10.2. The minimum absolute atomic E-state index is 0.0174.